The summed E-state index contributed by atoms with van der Waals surface area (Å²) in [6, 6.07) is 11.9. The summed E-state index contributed by atoms with van der Waals surface area (Å²) in [6.45, 7) is 4.87. The van der Waals surface area contributed by atoms with Crippen LogP contribution in [0.4, 0.5) is 5.69 Å². The van der Waals surface area contributed by atoms with Gasteiger partial charge in [0.25, 0.3) is 0 Å². The van der Waals surface area contributed by atoms with E-state index in [0.717, 1.165) is 17.8 Å². The average molecular weight is 328 g/mol. The Morgan fingerprint density at radius 2 is 1.54 bits per heavy atom. The van der Waals surface area contributed by atoms with E-state index in [2.05, 4.69) is 43.2 Å². The molecule has 0 fully saturated rings. The molecular formula is C19H24N2O3. The molecule has 0 amide bonds. The minimum absolute atomic E-state index is 0.648. The first-order valence-electron chi connectivity index (χ1n) is 7.81. The van der Waals surface area contributed by atoms with Crippen molar-refractivity contribution in [2.24, 2.45) is 5.10 Å². The molecule has 0 saturated heterocycles. The third-order valence-corrected chi connectivity index (χ3v) is 3.71. The van der Waals surface area contributed by atoms with Crippen molar-refractivity contribution in [3.8, 4) is 17.2 Å². The number of hydrazone groups is 1. The number of anilines is 1. The van der Waals surface area contributed by atoms with Crippen LogP contribution >= 0.6 is 0 Å². The van der Waals surface area contributed by atoms with Crippen LogP contribution in [-0.4, -0.2) is 34.1 Å². The van der Waals surface area contributed by atoms with Crippen LogP contribution in [0.25, 0.3) is 0 Å². The number of benzene rings is 2. The van der Waals surface area contributed by atoms with Gasteiger partial charge in [0, 0.05) is 18.7 Å². The first-order valence-corrected chi connectivity index (χ1v) is 7.81. The van der Waals surface area contributed by atoms with Gasteiger partial charge in [0.15, 0.2) is 0 Å². The smallest absolute Gasteiger partial charge is 0.135 e. The Labute approximate surface area is 143 Å². The van der Waals surface area contributed by atoms with Gasteiger partial charge in [-0.15, -0.1) is 0 Å². The predicted octanol–water partition coefficient (Wildman–Crippen LogP) is 3.88. The van der Waals surface area contributed by atoms with Crippen molar-refractivity contribution >= 4 is 11.9 Å². The lowest BCUT2D eigenvalue weighted by Crippen LogP contribution is -2.15. The highest BCUT2D eigenvalue weighted by Crippen LogP contribution is 2.32. The third-order valence-electron chi connectivity index (χ3n) is 3.71. The molecule has 2 aromatic carbocycles. The fraction of sp³-hybridized carbons (Fsp3) is 0.316. The van der Waals surface area contributed by atoms with E-state index in [1.165, 1.54) is 5.56 Å². The normalized spacial score (nSPS) is 10.7. The molecule has 0 bridgehead atoms. The molecule has 5 nitrogen and oxygen atoms in total. The van der Waals surface area contributed by atoms with Crippen molar-refractivity contribution in [2.75, 3.05) is 32.9 Å². The molecule has 0 unspecified atom stereocenters. The van der Waals surface area contributed by atoms with Gasteiger partial charge in [0.1, 0.15) is 17.2 Å². The number of hydrogen-bond donors (Lipinski definition) is 0. The van der Waals surface area contributed by atoms with Gasteiger partial charge in [0.2, 0.25) is 0 Å². The molecule has 0 heterocycles. The van der Waals surface area contributed by atoms with Crippen molar-refractivity contribution in [1.29, 1.82) is 0 Å². The van der Waals surface area contributed by atoms with Gasteiger partial charge in [-0.25, -0.2) is 0 Å². The van der Waals surface area contributed by atoms with E-state index in [9.17, 15) is 0 Å². The Hall–Kier alpha value is -2.69. The highest BCUT2D eigenvalue weighted by Gasteiger charge is 2.12. The monoisotopic (exact) mass is 328 g/mol. The van der Waals surface area contributed by atoms with Crippen LogP contribution < -0.4 is 19.2 Å². The van der Waals surface area contributed by atoms with Crippen molar-refractivity contribution < 1.29 is 14.2 Å². The number of ether oxygens (including phenoxy) is 3. The van der Waals surface area contributed by atoms with Crippen molar-refractivity contribution in [3.63, 3.8) is 0 Å². The van der Waals surface area contributed by atoms with E-state index in [-0.39, 0.29) is 0 Å². The summed E-state index contributed by atoms with van der Waals surface area (Å²) >= 11 is 0. The molecule has 0 aliphatic carbocycles. The SMILES string of the molecule is CCN(/N=C/c1c(OC)cc(OC)cc1OC)c1ccc(C)cc1. The van der Waals surface area contributed by atoms with Crippen LogP contribution in [0.3, 0.4) is 0 Å². The van der Waals surface area contributed by atoms with E-state index >= 15 is 0 Å². The third kappa shape index (κ3) is 3.98. The van der Waals surface area contributed by atoms with Gasteiger partial charge in [-0.05, 0) is 26.0 Å². The van der Waals surface area contributed by atoms with Crippen molar-refractivity contribution in [1.82, 2.24) is 0 Å². The minimum Gasteiger partial charge on any atom is -0.496 e. The summed E-state index contributed by atoms with van der Waals surface area (Å²) in [4.78, 5) is 0. The first-order chi connectivity index (χ1) is 11.6. The Morgan fingerprint density at radius 1 is 0.958 bits per heavy atom. The van der Waals surface area contributed by atoms with Crippen molar-refractivity contribution in [3.05, 3.63) is 47.5 Å². The number of methoxy groups -OCH3 is 3. The Kier molecular flexibility index (Phi) is 6.07. The number of rotatable bonds is 7. The number of nitrogens with zero attached hydrogens (tertiary/aromatic N) is 2. The molecule has 0 aliphatic heterocycles. The largest absolute Gasteiger partial charge is 0.496 e. The molecule has 128 valence electrons. The van der Waals surface area contributed by atoms with E-state index in [0.29, 0.717) is 17.2 Å². The second-order valence-electron chi connectivity index (χ2n) is 5.24. The standard InChI is InChI=1S/C19H24N2O3/c1-6-21(15-9-7-14(2)8-10-15)20-13-17-18(23-4)11-16(22-3)12-19(17)24-5/h7-13H,6H2,1-5H3/b20-13+. The fourth-order valence-corrected chi connectivity index (χ4v) is 2.34. The zero-order valence-corrected chi connectivity index (χ0v) is 14.9. The summed E-state index contributed by atoms with van der Waals surface area (Å²) in [5.41, 5.74) is 3.02. The molecule has 0 aromatic heterocycles. The maximum Gasteiger partial charge on any atom is 0.135 e. The highest BCUT2D eigenvalue weighted by molar-refractivity contribution is 5.88. The molecular weight excluding hydrogens is 304 g/mol. The van der Waals surface area contributed by atoms with E-state index in [1.807, 2.05) is 17.1 Å². The quantitative estimate of drug-likeness (QED) is 0.571. The summed E-state index contributed by atoms with van der Waals surface area (Å²) in [5.74, 6) is 1.97. The number of hydrogen-bond acceptors (Lipinski definition) is 5. The maximum absolute atomic E-state index is 5.45. The van der Waals surface area contributed by atoms with Gasteiger partial charge in [0.05, 0.1) is 38.8 Å². The molecule has 0 saturated carbocycles. The Morgan fingerprint density at radius 3 is 2.00 bits per heavy atom. The van der Waals surface area contributed by atoms with Gasteiger partial charge in [-0.2, -0.15) is 5.10 Å². The summed E-state index contributed by atoms with van der Waals surface area (Å²) in [5, 5.41) is 6.51. The highest BCUT2D eigenvalue weighted by atomic mass is 16.5. The van der Waals surface area contributed by atoms with Crippen LogP contribution in [0.1, 0.15) is 18.1 Å². The van der Waals surface area contributed by atoms with E-state index in [1.54, 1.807) is 27.5 Å². The van der Waals surface area contributed by atoms with E-state index in [4.69, 9.17) is 14.2 Å². The summed E-state index contributed by atoms with van der Waals surface area (Å²) in [6.07, 6.45) is 1.75. The molecule has 0 radical (unpaired) electrons. The summed E-state index contributed by atoms with van der Waals surface area (Å²) < 4.78 is 16.2. The number of aryl methyl sites for hydroxylation is 1. The molecule has 0 spiro atoms. The van der Waals surface area contributed by atoms with Gasteiger partial charge in [-0.3, -0.25) is 5.01 Å². The topological polar surface area (TPSA) is 43.3 Å². The Bertz CT molecular complexity index is 671. The lowest BCUT2D eigenvalue weighted by molar-refractivity contribution is 0.374. The first kappa shape index (κ1) is 17.7. The lowest BCUT2D eigenvalue weighted by Gasteiger charge is -2.18. The van der Waals surface area contributed by atoms with Gasteiger partial charge >= 0.3 is 0 Å². The average Bonchev–Trinajstić information content (AvgIpc) is 2.63. The maximum atomic E-state index is 5.45. The van der Waals surface area contributed by atoms with E-state index < -0.39 is 0 Å². The molecule has 2 rings (SSSR count). The molecule has 5 heteroatoms. The van der Waals surface area contributed by atoms with Crippen LogP contribution in [0, 0.1) is 6.92 Å². The van der Waals surface area contributed by atoms with Crippen LogP contribution in [-0.2, 0) is 0 Å². The lowest BCUT2D eigenvalue weighted by atomic mass is 10.2. The molecule has 2 aromatic rings. The van der Waals surface area contributed by atoms with Crippen LogP contribution in [0.2, 0.25) is 0 Å². The zero-order chi connectivity index (χ0) is 17.5. The molecule has 0 atom stereocenters. The predicted molar refractivity (Wildman–Crippen MR) is 97.9 cm³/mol. The summed E-state index contributed by atoms with van der Waals surface area (Å²) in [7, 11) is 4.84. The second-order valence-corrected chi connectivity index (χ2v) is 5.24. The van der Waals surface area contributed by atoms with Gasteiger partial charge < -0.3 is 14.2 Å². The minimum atomic E-state index is 0.648. The Balaban J connectivity index is 2.37. The zero-order valence-electron chi connectivity index (χ0n) is 14.9. The van der Waals surface area contributed by atoms with Crippen LogP contribution in [0.5, 0.6) is 17.2 Å². The van der Waals surface area contributed by atoms with Gasteiger partial charge in [-0.1, -0.05) is 17.7 Å². The van der Waals surface area contributed by atoms with Crippen molar-refractivity contribution in [2.45, 2.75) is 13.8 Å². The molecule has 24 heavy (non-hydrogen) atoms. The second kappa shape index (κ2) is 8.24. The van der Waals surface area contributed by atoms with Crippen LogP contribution in [0.15, 0.2) is 41.5 Å². The molecule has 0 N–H and O–H groups in total. The molecule has 0 aliphatic rings. The fourth-order valence-electron chi connectivity index (χ4n) is 2.34.